The lowest BCUT2D eigenvalue weighted by Crippen LogP contribution is -2.31. The first-order valence-electron chi connectivity index (χ1n) is 7.10. The quantitative estimate of drug-likeness (QED) is 0.791. The summed E-state index contributed by atoms with van der Waals surface area (Å²) >= 11 is 0. The van der Waals surface area contributed by atoms with Crippen molar-refractivity contribution < 1.29 is 4.74 Å². The highest BCUT2D eigenvalue weighted by Gasteiger charge is 2.41. The van der Waals surface area contributed by atoms with Crippen LogP contribution >= 0.6 is 0 Å². The summed E-state index contributed by atoms with van der Waals surface area (Å²) in [6.07, 6.45) is 2.70. The van der Waals surface area contributed by atoms with Crippen molar-refractivity contribution in [2.45, 2.75) is 33.2 Å². The standard InChI is InChI=1S/C16H26N2O/c1-12-8-15(19-4)13(2)7-14(12)9-18-11-16(5-6-16)10-17-3/h7-8,17-18H,5-6,9-11H2,1-4H3. The minimum absolute atomic E-state index is 0.518. The van der Waals surface area contributed by atoms with Crippen LogP contribution in [0.15, 0.2) is 12.1 Å². The van der Waals surface area contributed by atoms with Gasteiger partial charge in [0.2, 0.25) is 0 Å². The van der Waals surface area contributed by atoms with Gasteiger partial charge in [0.1, 0.15) is 5.75 Å². The van der Waals surface area contributed by atoms with Crippen molar-refractivity contribution in [3.63, 3.8) is 0 Å². The summed E-state index contributed by atoms with van der Waals surface area (Å²) in [5.74, 6) is 0.982. The molecule has 0 radical (unpaired) electrons. The number of benzene rings is 1. The molecule has 0 aromatic heterocycles. The molecule has 19 heavy (non-hydrogen) atoms. The summed E-state index contributed by atoms with van der Waals surface area (Å²) in [7, 11) is 3.77. The van der Waals surface area contributed by atoms with Crippen LogP contribution in [0.2, 0.25) is 0 Å². The van der Waals surface area contributed by atoms with E-state index in [4.69, 9.17) is 4.74 Å². The molecule has 3 heteroatoms. The van der Waals surface area contributed by atoms with Gasteiger partial charge in [-0.05, 0) is 61.9 Å². The summed E-state index contributed by atoms with van der Waals surface area (Å²) in [6, 6.07) is 4.37. The summed E-state index contributed by atoms with van der Waals surface area (Å²) in [6.45, 7) is 7.44. The van der Waals surface area contributed by atoms with Crippen molar-refractivity contribution >= 4 is 0 Å². The number of rotatable bonds is 7. The highest BCUT2D eigenvalue weighted by atomic mass is 16.5. The Morgan fingerprint density at radius 1 is 1.16 bits per heavy atom. The van der Waals surface area contributed by atoms with Crippen LogP contribution in [0.4, 0.5) is 0 Å². The van der Waals surface area contributed by atoms with Crippen LogP contribution in [0.3, 0.4) is 0 Å². The molecule has 0 spiro atoms. The fraction of sp³-hybridized carbons (Fsp3) is 0.625. The van der Waals surface area contributed by atoms with E-state index in [1.807, 2.05) is 7.05 Å². The Balaban J connectivity index is 1.91. The zero-order chi connectivity index (χ0) is 13.9. The second-order valence-corrected chi connectivity index (χ2v) is 5.88. The maximum atomic E-state index is 5.35. The highest BCUT2D eigenvalue weighted by molar-refractivity contribution is 5.41. The molecule has 2 rings (SSSR count). The molecule has 0 bridgehead atoms. The average molecular weight is 262 g/mol. The van der Waals surface area contributed by atoms with Gasteiger partial charge in [-0.15, -0.1) is 0 Å². The van der Waals surface area contributed by atoms with E-state index in [2.05, 4.69) is 36.6 Å². The number of ether oxygens (including phenoxy) is 1. The van der Waals surface area contributed by atoms with Crippen LogP contribution in [-0.4, -0.2) is 27.2 Å². The molecule has 0 aliphatic heterocycles. The average Bonchev–Trinajstić information content (AvgIpc) is 3.13. The highest BCUT2D eigenvalue weighted by Crippen LogP contribution is 2.44. The number of nitrogens with one attached hydrogen (secondary N) is 2. The molecule has 1 aliphatic carbocycles. The van der Waals surface area contributed by atoms with Gasteiger partial charge < -0.3 is 15.4 Å². The maximum Gasteiger partial charge on any atom is 0.122 e. The Labute approximate surface area is 116 Å². The van der Waals surface area contributed by atoms with Gasteiger partial charge in [-0.2, -0.15) is 0 Å². The molecule has 0 unspecified atom stereocenters. The summed E-state index contributed by atoms with van der Waals surface area (Å²) < 4.78 is 5.35. The van der Waals surface area contributed by atoms with E-state index in [1.54, 1.807) is 7.11 Å². The largest absolute Gasteiger partial charge is 0.496 e. The lowest BCUT2D eigenvalue weighted by Gasteiger charge is -2.17. The molecule has 0 amide bonds. The Morgan fingerprint density at radius 2 is 1.89 bits per heavy atom. The van der Waals surface area contributed by atoms with E-state index in [-0.39, 0.29) is 0 Å². The van der Waals surface area contributed by atoms with Gasteiger partial charge in [0.15, 0.2) is 0 Å². The predicted octanol–water partition coefficient (Wildman–Crippen LogP) is 2.40. The molecular formula is C16H26N2O. The third-order valence-corrected chi connectivity index (χ3v) is 4.18. The minimum atomic E-state index is 0.518. The zero-order valence-corrected chi connectivity index (χ0v) is 12.6. The Hall–Kier alpha value is -1.06. The van der Waals surface area contributed by atoms with Crippen LogP contribution < -0.4 is 15.4 Å². The number of aryl methyl sites for hydroxylation is 2. The number of hydrogen-bond donors (Lipinski definition) is 2. The lowest BCUT2D eigenvalue weighted by molar-refractivity contribution is 0.410. The maximum absolute atomic E-state index is 5.35. The summed E-state index contributed by atoms with van der Waals surface area (Å²) in [4.78, 5) is 0. The van der Waals surface area contributed by atoms with Gasteiger partial charge in [-0.25, -0.2) is 0 Å². The second-order valence-electron chi connectivity index (χ2n) is 5.88. The first-order valence-corrected chi connectivity index (χ1v) is 7.10. The van der Waals surface area contributed by atoms with Crippen molar-refractivity contribution in [2.24, 2.45) is 5.41 Å². The molecule has 1 aromatic rings. The molecule has 1 saturated carbocycles. The molecule has 3 nitrogen and oxygen atoms in total. The Bertz CT molecular complexity index is 439. The molecule has 0 atom stereocenters. The van der Waals surface area contributed by atoms with Gasteiger partial charge in [-0.1, -0.05) is 6.07 Å². The van der Waals surface area contributed by atoms with Crippen LogP contribution in [0.25, 0.3) is 0 Å². The first-order chi connectivity index (χ1) is 9.10. The van der Waals surface area contributed by atoms with Crippen LogP contribution in [0.1, 0.15) is 29.5 Å². The first kappa shape index (κ1) is 14.4. The van der Waals surface area contributed by atoms with Crippen molar-refractivity contribution in [3.05, 3.63) is 28.8 Å². The van der Waals surface area contributed by atoms with E-state index in [0.29, 0.717) is 5.41 Å². The van der Waals surface area contributed by atoms with Gasteiger partial charge >= 0.3 is 0 Å². The van der Waals surface area contributed by atoms with E-state index in [9.17, 15) is 0 Å². The molecule has 2 N–H and O–H groups in total. The van der Waals surface area contributed by atoms with Gasteiger partial charge in [0, 0.05) is 19.6 Å². The third-order valence-electron chi connectivity index (χ3n) is 4.18. The third kappa shape index (κ3) is 3.48. The molecule has 1 aliphatic rings. The van der Waals surface area contributed by atoms with Gasteiger partial charge in [0.25, 0.3) is 0 Å². The van der Waals surface area contributed by atoms with Gasteiger partial charge in [0.05, 0.1) is 7.11 Å². The smallest absolute Gasteiger partial charge is 0.122 e. The van der Waals surface area contributed by atoms with E-state index in [0.717, 1.165) is 25.4 Å². The van der Waals surface area contributed by atoms with Crippen LogP contribution in [0.5, 0.6) is 5.75 Å². The molecular weight excluding hydrogens is 236 g/mol. The lowest BCUT2D eigenvalue weighted by atomic mass is 10.0. The fourth-order valence-electron chi connectivity index (χ4n) is 2.69. The normalized spacial score (nSPS) is 16.4. The monoisotopic (exact) mass is 262 g/mol. The SMILES string of the molecule is CNCC1(CNCc2cc(C)c(OC)cc2C)CC1. The van der Waals surface area contributed by atoms with Crippen molar-refractivity contribution in [2.75, 3.05) is 27.2 Å². The summed E-state index contributed by atoms with van der Waals surface area (Å²) in [5, 5.41) is 6.91. The Kier molecular flexibility index (Phi) is 4.48. The number of hydrogen-bond acceptors (Lipinski definition) is 3. The van der Waals surface area contributed by atoms with Crippen LogP contribution in [-0.2, 0) is 6.54 Å². The molecule has 0 saturated heterocycles. The predicted molar refractivity (Wildman–Crippen MR) is 79.8 cm³/mol. The molecule has 0 heterocycles. The second kappa shape index (κ2) is 5.93. The minimum Gasteiger partial charge on any atom is -0.496 e. The number of methoxy groups -OCH3 is 1. The molecule has 1 fully saturated rings. The molecule has 1 aromatic carbocycles. The fourth-order valence-corrected chi connectivity index (χ4v) is 2.69. The van der Waals surface area contributed by atoms with E-state index < -0.39 is 0 Å². The Morgan fingerprint density at radius 3 is 2.47 bits per heavy atom. The van der Waals surface area contributed by atoms with Crippen molar-refractivity contribution in [3.8, 4) is 5.75 Å². The van der Waals surface area contributed by atoms with Crippen molar-refractivity contribution in [1.29, 1.82) is 0 Å². The zero-order valence-electron chi connectivity index (χ0n) is 12.6. The van der Waals surface area contributed by atoms with E-state index >= 15 is 0 Å². The molecule has 106 valence electrons. The topological polar surface area (TPSA) is 33.3 Å². The van der Waals surface area contributed by atoms with Gasteiger partial charge in [-0.3, -0.25) is 0 Å². The summed E-state index contributed by atoms with van der Waals surface area (Å²) in [5.41, 5.74) is 4.40. The van der Waals surface area contributed by atoms with Crippen LogP contribution in [0, 0.1) is 19.3 Å². The van der Waals surface area contributed by atoms with E-state index in [1.165, 1.54) is 29.5 Å². The van der Waals surface area contributed by atoms with Crippen molar-refractivity contribution in [1.82, 2.24) is 10.6 Å².